The second-order valence-corrected chi connectivity index (χ2v) is 8.39. The molecule has 2 heteroatoms. The van der Waals surface area contributed by atoms with Crippen molar-refractivity contribution >= 4 is 11.5 Å². The SMILES string of the molecule is C[C@@H]1[C@H]2C[C@@H]([C@H]([C@H](Nc3ccccc3)c3ccccc3)C2=O)C1(C)C. The van der Waals surface area contributed by atoms with Gasteiger partial charge in [0.05, 0.1) is 6.04 Å². The number of benzene rings is 2. The quantitative estimate of drug-likeness (QED) is 0.818. The summed E-state index contributed by atoms with van der Waals surface area (Å²) < 4.78 is 0. The minimum absolute atomic E-state index is 0.0397. The first-order valence-electron chi connectivity index (χ1n) is 9.40. The maximum absolute atomic E-state index is 13.2. The number of rotatable bonds is 4. The fraction of sp³-hybridized carbons (Fsp3) is 0.435. The zero-order chi connectivity index (χ0) is 17.6. The van der Waals surface area contributed by atoms with Crippen LogP contribution in [0.2, 0.25) is 0 Å². The van der Waals surface area contributed by atoms with Gasteiger partial charge in [-0.15, -0.1) is 0 Å². The fourth-order valence-electron chi connectivity index (χ4n) is 5.21. The normalized spacial score (nSPS) is 31.1. The van der Waals surface area contributed by atoms with Crippen LogP contribution < -0.4 is 5.32 Å². The first-order chi connectivity index (χ1) is 12.0. The van der Waals surface area contributed by atoms with Crippen molar-refractivity contribution < 1.29 is 4.79 Å². The molecule has 0 unspecified atom stereocenters. The summed E-state index contributed by atoms with van der Waals surface area (Å²) in [4.78, 5) is 13.2. The third-order valence-electron chi connectivity index (χ3n) is 6.98. The molecule has 0 spiro atoms. The lowest BCUT2D eigenvalue weighted by Gasteiger charge is -2.43. The molecule has 0 amide bonds. The zero-order valence-corrected chi connectivity index (χ0v) is 15.3. The van der Waals surface area contributed by atoms with E-state index in [2.05, 4.69) is 62.5 Å². The molecule has 0 aromatic heterocycles. The maximum Gasteiger partial charge on any atom is 0.142 e. The number of para-hydroxylation sites is 1. The van der Waals surface area contributed by atoms with Crippen LogP contribution in [0, 0.1) is 29.1 Å². The van der Waals surface area contributed by atoms with Gasteiger partial charge in [-0.2, -0.15) is 0 Å². The van der Waals surface area contributed by atoms with Gasteiger partial charge in [-0.25, -0.2) is 0 Å². The van der Waals surface area contributed by atoms with Gasteiger partial charge < -0.3 is 5.32 Å². The molecular weight excluding hydrogens is 306 g/mol. The van der Waals surface area contributed by atoms with Gasteiger partial charge in [0, 0.05) is 17.5 Å². The second-order valence-electron chi connectivity index (χ2n) is 8.39. The van der Waals surface area contributed by atoms with Gasteiger partial charge in [-0.05, 0) is 41.4 Å². The van der Waals surface area contributed by atoms with Crippen molar-refractivity contribution in [2.75, 3.05) is 5.32 Å². The highest BCUT2D eigenvalue weighted by Gasteiger charge is 2.61. The molecule has 2 bridgehead atoms. The molecule has 25 heavy (non-hydrogen) atoms. The molecular formula is C23H27NO. The number of ketones is 1. The maximum atomic E-state index is 13.2. The Morgan fingerprint density at radius 3 is 2.20 bits per heavy atom. The minimum atomic E-state index is 0.0397. The van der Waals surface area contributed by atoms with Crippen LogP contribution in [0.5, 0.6) is 0 Å². The summed E-state index contributed by atoms with van der Waals surface area (Å²) in [5, 5.41) is 3.68. The Bertz CT molecular complexity index is 752. The third-order valence-corrected chi connectivity index (χ3v) is 6.98. The minimum Gasteiger partial charge on any atom is -0.377 e. The van der Waals surface area contributed by atoms with Gasteiger partial charge in [0.1, 0.15) is 5.78 Å². The van der Waals surface area contributed by atoms with E-state index in [9.17, 15) is 4.79 Å². The summed E-state index contributed by atoms with van der Waals surface area (Å²) in [5.41, 5.74) is 2.51. The van der Waals surface area contributed by atoms with Crippen LogP contribution in [0.25, 0.3) is 0 Å². The van der Waals surface area contributed by atoms with Crippen molar-refractivity contribution in [3.63, 3.8) is 0 Å². The number of anilines is 1. The van der Waals surface area contributed by atoms with Crippen LogP contribution in [0.1, 0.15) is 38.8 Å². The summed E-state index contributed by atoms with van der Waals surface area (Å²) in [6, 6.07) is 20.8. The molecule has 2 fully saturated rings. The smallest absolute Gasteiger partial charge is 0.142 e. The molecule has 0 aliphatic heterocycles. The van der Waals surface area contributed by atoms with Crippen LogP contribution in [0.3, 0.4) is 0 Å². The molecule has 2 aliphatic carbocycles. The Morgan fingerprint density at radius 1 is 1.00 bits per heavy atom. The van der Waals surface area contributed by atoms with E-state index < -0.39 is 0 Å². The highest BCUT2D eigenvalue weighted by molar-refractivity contribution is 5.89. The van der Waals surface area contributed by atoms with Gasteiger partial charge in [-0.3, -0.25) is 4.79 Å². The number of carbonyl (C=O) groups excluding carboxylic acids is 1. The lowest BCUT2D eigenvalue weighted by Crippen LogP contribution is -2.43. The summed E-state index contributed by atoms with van der Waals surface area (Å²) in [7, 11) is 0. The predicted molar refractivity (Wildman–Crippen MR) is 102 cm³/mol. The number of carbonyl (C=O) groups is 1. The van der Waals surface area contributed by atoms with Crippen molar-refractivity contribution in [3.05, 3.63) is 66.2 Å². The lowest BCUT2D eigenvalue weighted by atomic mass is 9.62. The van der Waals surface area contributed by atoms with E-state index in [4.69, 9.17) is 0 Å². The van der Waals surface area contributed by atoms with Crippen molar-refractivity contribution in [3.8, 4) is 0 Å². The van der Waals surface area contributed by atoms with Crippen LogP contribution in [-0.4, -0.2) is 5.78 Å². The first-order valence-corrected chi connectivity index (χ1v) is 9.40. The molecule has 1 N–H and O–H groups in total. The van der Waals surface area contributed by atoms with Crippen molar-refractivity contribution in [1.29, 1.82) is 0 Å². The Hall–Kier alpha value is -2.09. The Morgan fingerprint density at radius 2 is 1.60 bits per heavy atom. The van der Waals surface area contributed by atoms with E-state index in [1.165, 1.54) is 5.56 Å². The highest BCUT2D eigenvalue weighted by Crippen LogP contribution is 2.62. The van der Waals surface area contributed by atoms with Crippen LogP contribution in [-0.2, 0) is 4.79 Å². The molecule has 2 aromatic carbocycles. The summed E-state index contributed by atoms with van der Waals surface area (Å²) in [6.07, 6.45) is 1.05. The molecule has 0 saturated heterocycles. The van der Waals surface area contributed by atoms with Gasteiger partial charge in [-0.1, -0.05) is 69.3 Å². The average Bonchev–Trinajstić information content (AvgIpc) is 3.08. The van der Waals surface area contributed by atoms with Crippen LogP contribution >= 0.6 is 0 Å². The second kappa shape index (κ2) is 6.01. The topological polar surface area (TPSA) is 29.1 Å². The summed E-state index contributed by atoms with van der Waals surface area (Å²) in [5.74, 6) is 1.68. The van der Waals surface area contributed by atoms with Gasteiger partial charge >= 0.3 is 0 Å². The van der Waals surface area contributed by atoms with Crippen molar-refractivity contribution in [2.24, 2.45) is 29.1 Å². The molecule has 2 nitrogen and oxygen atoms in total. The largest absolute Gasteiger partial charge is 0.377 e. The highest BCUT2D eigenvalue weighted by atomic mass is 16.1. The van der Waals surface area contributed by atoms with E-state index in [1.807, 2.05) is 24.3 Å². The van der Waals surface area contributed by atoms with Crippen molar-refractivity contribution in [1.82, 2.24) is 0 Å². The first kappa shape index (κ1) is 16.4. The Balaban J connectivity index is 1.73. The van der Waals surface area contributed by atoms with E-state index in [-0.39, 0.29) is 23.3 Å². The van der Waals surface area contributed by atoms with E-state index >= 15 is 0 Å². The van der Waals surface area contributed by atoms with Crippen molar-refractivity contribution in [2.45, 2.75) is 33.2 Å². The lowest BCUT2D eigenvalue weighted by molar-refractivity contribution is -0.131. The predicted octanol–water partition coefficient (Wildman–Crippen LogP) is 5.34. The molecule has 2 aliphatic rings. The number of nitrogens with one attached hydrogen (secondary N) is 1. The van der Waals surface area contributed by atoms with E-state index in [0.29, 0.717) is 17.6 Å². The fourth-order valence-corrected chi connectivity index (χ4v) is 5.21. The molecule has 130 valence electrons. The molecule has 5 atom stereocenters. The monoisotopic (exact) mass is 333 g/mol. The standard InChI is InChI=1S/C23H27NO/c1-15-18-14-19(23(15,2)3)20(22(18)25)21(16-10-6-4-7-11-16)24-17-12-8-5-9-13-17/h4-13,15,18-21,24H,14H2,1-3H3/t15-,18-,19+,20-,21-/m1/s1. The van der Waals surface area contributed by atoms with Gasteiger partial charge in [0.25, 0.3) is 0 Å². The number of hydrogen-bond acceptors (Lipinski definition) is 2. The van der Waals surface area contributed by atoms with Crippen LogP contribution in [0.4, 0.5) is 5.69 Å². The summed E-state index contributed by atoms with van der Waals surface area (Å²) in [6.45, 7) is 6.97. The van der Waals surface area contributed by atoms with E-state index in [1.54, 1.807) is 0 Å². The number of Topliss-reactive ketones (excluding diaryl/α,β-unsaturated/α-hetero) is 1. The average molecular weight is 333 g/mol. The third kappa shape index (κ3) is 2.59. The molecule has 2 aromatic rings. The Kier molecular flexibility index (Phi) is 3.94. The number of fused-ring (bicyclic) bond motifs is 2. The van der Waals surface area contributed by atoms with Gasteiger partial charge in [0.15, 0.2) is 0 Å². The molecule has 4 rings (SSSR count). The molecule has 2 saturated carbocycles. The number of hydrogen-bond donors (Lipinski definition) is 1. The van der Waals surface area contributed by atoms with Crippen LogP contribution in [0.15, 0.2) is 60.7 Å². The zero-order valence-electron chi connectivity index (χ0n) is 15.3. The molecule has 0 heterocycles. The Labute approximate surface area is 150 Å². The van der Waals surface area contributed by atoms with Gasteiger partial charge in [0.2, 0.25) is 0 Å². The summed E-state index contributed by atoms with van der Waals surface area (Å²) >= 11 is 0. The molecule has 0 radical (unpaired) electrons. The van der Waals surface area contributed by atoms with E-state index in [0.717, 1.165) is 12.1 Å².